The van der Waals surface area contributed by atoms with Crippen LogP contribution in [0, 0.1) is 6.92 Å². The van der Waals surface area contributed by atoms with E-state index in [9.17, 15) is 9.90 Å². The molecule has 2 heterocycles. The molecule has 2 aliphatic rings. The van der Waals surface area contributed by atoms with Gasteiger partial charge in [0.2, 0.25) is 11.6 Å². The summed E-state index contributed by atoms with van der Waals surface area (Å²) in [5.74, 6) is 1.94. The predicted octanol–water partition coefficient (Wildman–Crippen LogP) is 4.68. The second kappa shape index (κ2) is 9.14. The summed E-state index contributed by atoms with van der Waals surface area (Å²) in [6.45, 7) is 1.86. The van der Waals surface area contributed by atoms with Gasteiger partial charge in [-0.2, -0.15) is 0 Å². The number of nitrogens with one attached hydrogen (secondary N) is 1. The van der Waals surface area contributed by atoms with Crippen LogP contribution in [0.1, 0.15) is 47.1 Å². The van der Waals surface area contributed by atoms with Crippen LogP contribution in [-0.4, -0.2) is 44.5 Å². The van der Waals surface area contributed by atoms with Gasteiger partial charge in [0.25, 0.3) is 0 Å². The van der Waals surface area contributed by atoms with Gasteiger partial charge in [-0.05, 0) is 54.7 Å². The molecule has 0 amide bonds. The number of hydrogen-bond acceptors (Lipinski definition) is 9. The number of anilines is 1. The molecule has 3 aromatic rings. The van der Waals surface area contributed by atoms with Gasteiger partial charge < -0.3 is 33.9 Å². The van der Waals surface area contributed by atoms with Crippen LogP contribution in [0.2, 0.25) is 0 Å². The first kappa shape index (κ1) is 23.6. The van der Waals surface area contributed by atoms with Gasteiger partial charge in [-0.15, -0.1) is 0 Å². The summed E-state index contributed by atoms with van der Waals surface area (Å²) in [6.07, 6.45) is 0.893. The van der Waals surface area contributed by atoms with Gasteiger partial charge in [-0.3, -0.25) is 4.79 Å². The van der Waals surface area contributed by atoms with Gasteiger partial charge in [0.15, 0.2) is 28.8 Å². The normalized spacial score (nSPS) is 18.8. The minimum absolute atomic E-state index is 0.0193. The molecule has 9 heteroatoms. The van der Waals surface area contributed by atoms with E-state index in [4.69, 9.17) is 23.5 Å². The molecular formula is C27H28N2O7. The molecule has 2 N–H and O–H groups in total. The van der Waals surface area contributed by atoms with Crippen molar-refractivity contribution < 1.29 is 33.4 Å². The number of rotatable bonds is 6. The number of ketones is 1. The van der Waals surface area contributed by atoms with Crippen LogP contribution in [0.25, 0.3) is 0 Å². The maximum Gasteiger partial charge on any atom is 0.233 e. The summed E-state index contributed by atoms with van der Waals surface area (Å²) < 4.78 is 27.6. The number of aromatic nitrogens is 1. The van der Waals surface area contributed by atoms with Crippen LogP contribution in [0.5, 0.6) is 28.7 Å². The van der Waals surface area contributed by atoms with Crippen molar-refractivity contribution in [1.82, 2.24) is 5.16 Å². The lowest BCUT2D eigenvalue weighted by Crippen LogP contribution is -2.29. The summed E-state index contributed by atoms with van der Waals surface area (Å²) in [5, 5.41) is 17.5. The van der Waals surface area contributed by atoms with E-state index in [-0.39, 0.29) is 17.5 Å². The number of phenols is 1. The molecular weight excluding hydrogens is 464 g/mol. The van der Waals surface area contributed by atoms with Crippen LogP contribution in [0.4, 0.5) is 5.88 Å². The number of aromatic hydroxyl groups is 1. The summed E-state index contributed by atoms with van der Waals surface area (Å²) in [7, 11) is 6.18. The Bertz CT molecular complexity index is 1350. The molecule has 0 bridgehead atoms. The Morgan fingerprint density at radius 1 is 0.944 bits per heavy atom. The molecule has 1 aliphatic heterocycles. The largest absolute Gasteiger partial charge is 0.504 e. The maximum absolute atomic E-state index is 13.8. The van der Waals surface area contributed by atoms with E-state index in [1.807, 2.05) is 25.1 Å². The first-order chi connectivity index (χ1) is 17.4. The van der Waals surface area contributed by atoms with Crippen molar-refractivity contribution in [2.75, 3.05) is 33.8 Å². The Labute approximate surface area is 208 Å². The predicted molar refractivity (Wildman–Crippen MR) is 131 cm³/mol. The van der Waals surface area contributed by atoms with Gasteiger partial charge in [-0.1, -0.05) is 11.2 Å². The third-order valence-corrected chi connectivity index (χ3v) is 6.95. The number of nitrogens with zero attached hydrogens (tertiary/aromatic N) is 1. The fourth-order valence-electron chi connectivity index (χ4n) is 5.26. The zero-order valence-corrected chi connectivity index (χ0v) is 20.8. The molecule has 0 saturated heterocycles. The average Bonchev–Trinajstić information content (AvgIpc) is 3.26. The van der Waals surface area contributed by atoms with E-state index in [0.29, 0.717) is 53.0 Å². The van der Waals surface area contributed by atoms with Gasteiger partial charge in [-0.25, -0.2) is 0 Å². The van der Waals surface area contributed by atoms with E-state index in [1.165, 1.54) is 7.11 Å². The topological polar surface area (TPSA) is 112 Å². The number of fused-ring (bicyclic) bond motifs is 1. The zero-order valence-electron chi connectivity index (χ0n) is 20.8. The zero-order chi connectivity index (χ0) is 25.6. The lowest BCUT2D eigenvalue weighted by molar-refractivity contribution is -0.116. The molecule has 36 heavy (non-hydrogen) atoms. The van der Waals surface area contributed by atoms with Crippen LogP contribution in [-0.2, 0) is 4.79 Å². The number of carbonyl (C=O) groups excluding carboxylic acids is 1. The minimum Gasteiger partial charge on any atom is -0.504 e. The second-order valence-electron chi connectivity index (χ2n) is 8.88. The molecule has 9 nitrogen and oxygen atoms in total. The molecule has 5 rings (SSSR count). The molecule has 0 saturated carbocycles. The van der Waals surface area contributed by atoms with Crippen LogP contribution >= 0.6 is 0 Å². The molecule has 1 aromatic heterocycles. The lowest BCUT2D eigenvalue weighted by atomic mass is 9.72. The monoisotopic (exact) mass is 492 g/mol. The molecule has 2 atom stereocenters. The summed E-state index contributed by atoms with van der Waals surface area (Å²) in [6, 6.07) is 8.92. The number of Topliss-reactive ketones (excluding diaryl/α,β-unsaturated/α-hetero) is 1. The number of allylic oxidation sites excluding steroid dienone is 2. The van der Waals surface area contributed by atoms with Crippen molar-refractivity contribution >= 4 is 11.7 Å². The number of aryl methyl sites for hydroxylation is 1. The minimum atomic E-state index is -0.418. The van der Waals surface area contributed by atoms with Crippen LogP contribution in [0.3, 0.4) is 0 Å². The molecule has 0 fully saturated rings. The number of benzene rings is 2. The first-order valence-corrected chi connectivity index (χ1v) is 11.6. The molecule has 0 radical (unpaired) electrons. The highest BCUT2D eigenvalue weighted by Gasteiger charge is 2.41. The highest BCUT2D eigenvalue weighted by atomic mass is 16.5. The number of carbonyl (C=O) groups is 1. The smallest absolute Gasteiger partial charge is 0.233 e. The Morgan fingerprint density at radius 2 is 1.61 bits per heavy atom. The third-order valence-electron chi connectivity index (χ3n) is 6.95. The Morgan fingerprint density at radius 3 is 2.25 bits per heavy atom. The Balaban J connectivity index is 1.64. The molecule has 1 aliphatic carbocycles. The van der Waals surface area contributed by atoms with Crippen LogP contribution in [0.15, 0.2) is 46.1 Å². The van der Waals surface area contributed by atoms with Gasteiger partial charge in [0.05, 0.1) is 39.7 Å². The Kier molecular flexibility index (Phi) is 5.99. The average molecular weight is 493 g/mol. The molecule has 0 spiro atoms. The summed E-state index contributed by atoms with van der Waals surface area (Å²) >= 11 is 0. The van der Waals surface area contributed by atoms with Crippen molar-refractivity contribution in [3.05, 3.63) is 64.0 Å². The molecule has 2 aromatic carbocycles. The van der Waals surface area contributed by atoms with Gasteiger partial charge >= 0.3 is 0 Å². The van der Waals surface area contributed by atoms with E-state index in [1.54, 1.807) is 33.5 Å². The summed E-state index contributed by atoms with van der Waals surface area (Å²) in [5.41, 5.74) is 4.68. The van der Waals surface area contributed by atoms with Crippen molar-refractivity contribution in [3.8, 4) is 28.7 Å². The standard InChI is InChI=1S/C27H28N2O7/c1-13-23-24(16-11-21(33-3)26(35-5)22(12-16)34-4)25-17(28-27(23)36-29-13)8-15(9-19(25)31)14-6-7-18(30)20(10-14)32-2/h6-7,10-12,15,24,28,30H,8-9H2,1-5H3. The number of methoxy groups -OCH3 is 4. The SMILES string of the molecule is COc1cc(C2CC(=O)C3=C(C2)Nc2onc(C)c2C3c2cc(OC)c(OC)c(OC)c2)ccc1O. The van der Waals surface area contributed by atoms with Gasteiger partial charge in [0.1, 0.15) is 0 Å². The molecule has 188 valence electrons. The fourth-order valence-corrected chi connectivity index (χ4v) is 5.26. The second-order valence-corrected chi connectivity index (χ2v) is 8.88. The Hall–Kier alpha value is -4.14. The van der Waals surface area contributed by atoms with Gasteiger partial charge in [0, 0.05) is 23.6 Å². The molecule has 2 unspecified atom stereocenters. The number of phenolic OH excluding ortho intramolecular Hbond substituents is 1. The maximum atomic E-state index is 13.8. The summed E-state index contributed by atoms with van der Waals surface area (Å²) in [4.78, 5) is 13.8. The number of hydrogen-bond donors (Lipinski definition) is 2. The third kappa shape index (κ3) is 3.71. The highest BCUT2D eigenvalue weighted by Crippen LogP contribution is 2.51. The number of ether oxygens (including phenoxy) is 4. The van der Waals surface area contributed by atoms with Crippen molar-refractivity contribution in [2.45, 2.75) is 31.6 Å². The van der Waals surface area contributed by atoms with Crippen molar-refractivity contribution in [3.63, 3.8) is 0 Å². The van der Waals surface area contributed by atoms with Crippen molar-refractivity contribution in [1.29, 1.82) is 0 Å². The highest BCUT2D eigenvalue weighted by molar-refractivity contribution is 6.01. The quantitative estimate of drug-likeness (QED) is 0.506. The first-order valence-electron chi connectivity index (χ1n) is 11.6. The lowest BCUT2D eigenvalue weighted by Gasteiger charge is -2.34. The van der Waals surface area contributed by atoms with E-state index >= 15 is 0 Å². The van der Waals surface area contributed by atoms with E-state index < -0.39 is 5.92 Å². The van der Waals surface area contributed by atoms with Crippen molar-refractivity contribution in [2.24, 2.45) is 0 Å². The van der Waals surface area contributed by atoms with E-state index in [0.717, 1.165) is 22.4 Å². The fraction of sp³-hybridized carbons (Fsp3) is 0.333. The van der Waals surface area contributed by atoms with Crippen LogP contribution < -0.4 is 24.3 Å². The van der Waals surface area contributed by atoms with E-state index in [2.05, 4.69) is 10.5 Å².